The highest BCUT2D eigenvalue weighted by Gasteiger charge is 2.10. The fourth-order valence-electron chi connectivity index (χ4n) is 2.19. The second-order valence-electron chi connectivity index (χ2n) is 5.41. The highest BCUT2D eigenvalue weighted by molar-refractivity contribution is 7.15. The van der Waals surface area contributed by atoms with Crippen LogP contribution in [0.25, 0.3) is 0 Å². The van der Waals surface area contributed by atoms with Crippen molar-refractivity contribution < 1.29 is 9.59 Å². The molecule has 8 heteroatoms. The van der Waals surface area contributed by atoms with Gasteiger partial charge in [-0.3, -0.25) is 14.9 Å². The number of imidazole rings is 1. The van der Waals surface area contributed by atoms with Crippen LogP contribution < -0.4 is 10.6 Å². The molecule has 0 aliphatic carbocycles. The number of aryl methyl sites for hydroxylation is 2. The molecule has 3 aromatic rings. The van der Waals surface area contributed by atoms with Crippen LogP contribution in [0.5, 0.6) is 0 Å². The summed E-state index contributed by atoms with van der Waals surface area (Å²) in [5, 5.41) is 6.10. The number of anilines is 2. The molecule has 0 unspecified atom stereocenters. The SMILES string of the molecule is Cc1cnc(NC(=O)c2cccc(NC(=O)CCn3ccnc3)c2)s1. The molecule has 25 heavy (non-hydrogen) atoms. The predicted molar refractivity (Wildman–Crippen MR) is 96.7 cm³/mol. The fraction of sp³-hybridized carbons (Fsp3) is 0.176. The van der Waals surface area contributed by atoms with Gasteiger partial charge in [0.05, 0.1) is 6.33 Å². The van der Waals surface area contributed by atoms with Gasteiger partial charge < -0.3 is 9.88 Å². The van der Waals surface area contributed by atoms with E-state index in [4.69, 9.17) is 0 Å². The van der Waals surface area contributed by atoms with E-state index in [2.05, 4.69) is 20.6 Å². The zero-order valence-corrected chi connectivity index (χ0v) is 14.4. The van der Waals surface area contributed by atoms with E-state index in [0.717, 1.165) is 4.88 Å². The number of rotatable bonds is 6. The van der Waals surface area contributed by atoms with Gasteiger partial charge in [-0.15, -0.1) is 11.3 Å². The van der Waals surface area contributed by atoms with Gasteiger partial charge in [0, 0.05) is 47.7 Å². The van der Waals surface area contributed by atoms with Crippen LogP contribution in [-0.2, 0) is 11.3 Å². The summed E-state index contributed by atoms with van der Waals surface area (Å²) in [4.78, 5) is 33.4. The van der Waals surface area contributed by atoms with Crippen LogP contribution in [0.2, 0.25) is 0 Å². The summed E-state index contributed by atoms with van der Waals surface area (Å²) in [5.41, 5.74) is 1.04. The van der Waals surface area contributed by atoms with Gasteiger partial charge in [-0.05, 0) is 25.1 Å². The van der Waals surface area contributed by atoms with Crippen molar-refractivity contribution in [3.8, 4) is 0 Å². The van der Waals surface area contributed by atoms with Gasteiger partial charge >= 0.3 is 0 Å². The lowest BCUT2D eigenvalue weighted by Crippen LogP contribution is -2.15. The molecule has 0 atom stereocenters. The van der Waals surface area contributed by atoms with Crippen LogP contribution in [0.1, 0.15) is 21.7 Å². The number of aromatic nitrogens is 3. The van der Waals surface area contributed by atoms with Crippen LogP contribution in [0.3, 0.4) is 0 Å². The molecule has 7 nitrogen and oxygen atoms in total. The van der Waals surface area contributed by atoms with Crippen molar-refractivity contribution in [3.05, 3.63) is 59.6 Å². The minimum absolute atomic E-state index is 0.123. The maximum absolute atomic E-state index is 12.3. The average molecular weight is 355 g/mol. The number of hydrogen-bond acceptors (Lipinski definition) is 5. The lowest BCUT2D eigenvalue weighted by molar-refractivity contribution is -0.116. The summed E-state index contributed by atoms with van der Waals surface area (Å²) in [6.45, 7) is 2.47. The van der Waals surface area contributed by atoms with Crippen LogP contribution in [0.15, 0.2) is 49.2 Å². The minimum Gasteiger partial charge on any atom is -0.337 e. The van der Waals surface area contributed by atoms with Crippen molar-refractivity contribution in [2.24, 2.45) is 0 Å². The molecule has 0 fully saturated rings. The molecule has 0 saturated carbocycles. The molecule has 2 amide bonds. The summed E-state index contributed by atoms with van der Waals surface area (Å²) in [6.07, 6.45) is 7.17. The molecule has 1 aromatic carbocycles. The third kappa shape index (κ3) is 4.74. The smallest absolute Gasteiger partial charge is 0.257 e. The monoisotopic (exact) mass is 355 g/mol. The summed E-state index contributed by atoms with van der Waals surface area (Å²) < 4.78 is 1.83. The molecule has 0 spiro atoms. The summed E-state index contributed by atoms with van der Waals surface area (Å²) in [5.74, 6) is -0.384. The normalized spacial score (nSPS) is 10.4. The largest absolute Gasteiger partial charge is 0.337 e. The molecule has 128 valence electrons. The molecule has 2 aromatic heterocycles. The Morgan fingerprint density at radius 1 is 1.28 bits per heavy atom. The number of nitrogens with one attached hydrogen (secondary N) is 2. The maximum atomic E-state index is 12.3. The van der Waals surface area contributed by atoms with Crippen molar-refractivity contribution in [1.82, 2.24) is 14.5 Å². The van der Waals surface area contributed by atoms with Gasteiger partial charge in [-0.25, -0.2) is 9.97 Å². The van der Waals surface area contributed by atoms with E-state index in [1.54, 1.807) is 49.2 Å². The Bertz CT molecular complexity index is 873. The zero-order valence-electron chi connectivity index (χ0n) is 13.6. The zero-order chi connectivity index (χ0) is 17.6. The molecule has 0 radical (unpaired) electrons. The average Bonchev–Trinajstić information content (AvgIpc) is 3.25. The number of benzene rings is 1. The van der Waals surface area contributed by atoms with Crippen LogP contribution >= 0.6 is 11.3 Å². The molecule has 2 N–H and O–H groups in total. The number of thiazole rings is 1. The van der Waals surface area contributed by atoms with Crippen LogP contribution in [0.4, 0.5) is 10.8 Å². The highest BCUT2D eigenvalue weighted by Crippen LogP contribution is 2.18. The molecule has 0 bridgehead atoms. The fourth-order valence-corrected chi connectivity index (χ4v) is 2.85. The van der Waals surface area contributed by atoms with Gasteiger partial charge in [0.15, 0.2) is 5.13 Å². The van der Waals surface area contributed by atoms with Gasteiger partial charge in [-0.2, -0.15) is 0 Å². The number of nitrogens with zero attached hydrogens (tertiary/aromatic N) is 3. The van der Waals surface area contributed by atoms with E-state index >= 15 is 0 Å². The standard InChI is InChI=1S/C17H17N5O2S/c1-12-10-19-17(25-12)21-16(24)13-3-2-4-14(9-13)20-15(23)5-7-22-8-6-18-11-22/h2-4,6,8-11H,5,7H2,1H3,(H,20,23)(H,19,21,24). The second kappa shape index (κ2) is 7.71. The molecule has 2 heterocycles. The van der Waals surface area contributed by atoms with E-state index < -0.39 is 0 Å². The van der Waals surface area contributed by atoms with Crippen molar-refractivity contribution in [2.75, 3.05) is 10.6 Å². The molecule has 0 aliphatic heterocycles. The molecule has 0 aliphatic rings. The van der Waals surface area contributed by atoms with Gasteiger partial charge in [-0.1, -0.05) is 6.07 Å². The molecular weight excluding hydrogens is 338 g/mol. The van der Waals surface area contributed by atoms with Gasteiger partial charge in [0.25, 0.3) is 5.91 Å². The van der Waals surface area contributed by atoms with Crippen LogP contribution in [-0.4, -0.2) is 26.3 Å². The Morgan fingerprint density at radius 2 is 2.16 bits per heavy atom. The van der Waals surface area contributed by atoms with Crippen LogP contribution in [0, 0.1) is 6.92 Å². The van der Waals surface area contributed by atoms with Crippen molar-refractivity contribution in [2.45, 2.75) is 19.9 Å². The van der Waals surface area contributed by atoms with Crippen molar-refractivity contribution in [1.29, 1.82) is 0 Å². The Balaban J connectivity index is 1.58. The van der Waals surface area contributed by atoms with Crippen molar-refractivity contribution in [3.63, 3.8) is 0 Å². The van der Waals surface area contributed by atoms with Crippen molar-refractivity contribution >= 4 is 34.0 Å². The Morgan fingerprint density at radius 3 is 2.88 bits per heavy atom. The van der Waals surface area contributed by atoms with E-state index in [1.165, 1.54) is 11.3 Å². The molecule has 3 rings (SSSR count). The third-order valence-corrected chi connectivity index (χ3v) is 4.23. The lowest BCUT2D eigenvalue weighted by atomic mass is 10.2. The van der Waals surface area contributed by atoms with E-state index in [0.29, 0.717) is 29.3 Å². The maximum Gasteiger partial charge on any atom is 0.257 e. The first-order chi connectivity index (χ1) is 12.1. The lowest BCUT2D eigenvalue weighted by Gasteiger charge is -2.08. The van der Waals surface area contributed by atoms with E-state index in [1.807, 2.05) is 11.5 Å². The Labute approximate surface area is 148 Å². The molecule has 0 saturated heterocycles. The summed E-state index contributed by atoms with van der Waals surface area (Å²) >= 11 is 1.41. The topological polar surface area (TPSA) is 88.9 Å². The number of carbonyl (C=O) groups excluding carboxylic acids is 2. The first kappa shape index (κ1) is 16.8. The summed E-state index contributed by atoms with van der Waals surface area (Å²) in [7, 11) is 0. The predicted octanol–water partition coefficient (Wildman–Crippen LogP) is 2.93. The van der Waals surface area contributed by atoms with Gasteiger partial charge in [0.1, 0.15) is 0 Å². The number of carbonyl (C=O) groups is 2. The summed E-state index contributed by atoms with van der Waals surface area (Å²) in [6, 6.07) is 6.81. The quantitative estimate of drug-likeness (QED) is 0.711. The second-order valence-corrected chi connectivity index (χ2v) is 6.64. The number of hydrogen-bond donors (Lipinski definition) is 2. The number of amides is 2. The van der Waals surface area contributed by atoms with Gasteiger partial charge in [0.2, 0.25) is 5.91 Å². The first-order valence-corrected chi connectivity index (χ1v) is 8.51. The van der Waals surface area contributed by atoms with E-state index in [9.17, 15) is 9.59 Å². The Hall–Kier alpha value is -3.00. The minimum atomic E-state index is -0.260. The molecular formula is C17H17N5O2S. The third-order valence-electron chi connectivity index (χ3n) is 3.41. The first-order valence-electron chi connectivity index (χ1n) is 7.69. The highest BCUT2D eigenvalue weighted by atomic mass is 32.1. The Kier molecular flexibility index (Phi) is 5.20. The van der Waals surface area contributed by atoms with E-state index in [-0.39, 0.29) is 11.8 Å².